The number of amides is 1. The molecule has 0 aliphatic heterocycles. The largest absolute Gasteiger partial charge is 0.394 e. The van der Waals surface area contributed by atoms with Crippen molar-refractivity contribution in [1.82, 2.24) is 10.3 Å². The van der Waals surface area contributed by atoms with E-state index in [1.54, 1.807) is 18.3 Å². The molecular formula is C22H25N3O3. The Hall–Kier alpha value is -2.96. The van der Waals surface area contributed by atoms with Crippen LogP contribution in [0.4, 0.5) is 5.82 Å². The molecule has 2 aromatic carbocycles. The second kappa shape index (κ2) is 8.82. The molecule has 4 N–H and O–H groups in total. The van der Waals surface area contributed by atoms with E-state index >= 15 is 0 Å². The van der Waals surface area contributed by atoms with Gasteiger partial charge in [-0.1, -0.05) is 35.9 Å². The highest BCUT2D eigenvalue weighted by atomic mass is 16.3. The number of aliphatic hydroxyl groups excluding tert-OH is 2. The number of anilines is 1. The molecule has 146 valence electrons. The molecule has 0 aliphatic carbocycles. The number of aryl methyl sites for hydroxylation is 1. The highest BCUT2D eigenvalue weighted by molar-refractivity contribution is 5.99. The van der Waals surface area contributed by atoms with Crippen LogP contribution in [0.25, 0.3) is 10.8 Å². The van der Waals surface area contributed by atoms with Crippen molar-refractivity contribution in [3.63, 3.8) is 0 Å². The molecule has 6 nitrogen and oxygen atoms in total. The van der Waals surface area contributed by atoms with Gasteiger partial charge in [-0.15, -0.1) is 0 Å². The Kier molecular flexibility index (Phi) is 6.23. The molecule has 0 unspecified atom stereocenters. The van der Waals surface area contributed by atoms with Crippen molar-refractivity contribution < 1.29 is 15.0 Å². The lowest BCUT2D eigenvalue weighted by Crippen LogP contribution is -2.30. The second-order valence-electron chi connectivity index (χ2n) is 6.98. The van der Waals surface area contributed by atoms with Gasteiger partial charge in [0.1, 0.15) is 5.82 Å². The minimum atomic E-state index is -0.469. The second-order valence-corrected chi connectivity index (χ2v) is 6.98. The average Bonchev–Trinajstić information content (AvgIpc) is 2.71. The smallest absolute Gasteiger partial charge is 0.251 e. The number of nitrogens with one attached hydrogen (secondary N) is 2. The maximum Gasteiger partial charge on any atom is 0.251 e. The molecule has 2 atom stereocenters. The van der Waals surface area contributed by atoms with Gasteiger partial charge in [0.25, 0.3) is 5.91 Å². The van der Waals surface area contributed by atoms with Crippen molar-refractivity contribution in [2.75, 3.05) is 18.5 Å². The summed E-state index contributed by atoms with van der Waals surface area (Å²) in [6.07, 6.45) is 1.73. The first-order valence-corrected chi connectivity index (χ1v) is 9.25. The van der Waals surface area contributed by atoms with E-state index in [2.05, 4.69) is 15.6 Å². The molecule has 0 aliphatic rings. The Labute approximate surface area is 164 Å². The topological polar surface area (TPSA) is 94.5 Å². The summed E-state index contributed by atoms with van der Waals surface area (Å²) in [5, 5.41) is 26.7. The third-order valence-electron chi connectivity index (χ3n) is 4.58. The van der Waals surface area contributed by atoms with Gasteiger partial charge in [-0.05, 0) is 43.0 Å². The molecule has 6 heteroatoms. The normalized spacial score (nSPS) is 13.1. The van der Waals surface area contributed by atoms with Gasteiger partial charge in [0.2, 0.25) is 0 Å². The molecule has 0 saturated carbocycles. The fourth-order valence-electron chi connectivity index (χ4n) is 3.02. The molecule has 0 fully saturated rings. The first kappa shape index (κ1) is 19.8. The molecule has 0 bridgehead atoms. The van der Waals surface area contributed by atoms with E-state index in [0.717, 1.165) is 21.9 Å². The number of aromatic nitrogens is 1. The van der Waals surface area contributed by atoms with Crippen molar-refractivity contribution in [3.05, 3.63) is 71.4 Å². The number of carbonyl (C=O) groups is 1. The SMILES string of the molecule is Cc1cccc([C@@H](CO)NC(=O)c2ccc3cnc(N[C@@H](C)CO)cc3c2)c1. The maximum atomic E-state index is 12.7. The molecule has 0 saturated heterocycles. The molecular weight excluding hydrogens is 354 g/mol. The van der Waals surface area contributed by atoms with Crippen molar-refractivity contribution in [2.24, 2.45) is 0 Å². The first-order valence-electron chi connectivity index (χ1n) is 9.25. The lowest BCUT2D eigenvalue weighted by molar-refractivity contribution is 0.0916. The number of hydrogen-bond acceptors (Lipinski definition) is 5. The van der Waals surface area contributed by atoms with Gasteiger partial charge in [-0.3, -0.25) is 4.79 Å². The number of pyridine rings is 1. The van der Waals surface area contributed by atoms with E-state index in [0.29, 0.717) is 11.4 Å². The van der Waals surface area contributed by atoms with Crippen molar-refractivity contribution in [3.8, 4) is 0 Å². The highest BCUT2D eigenvalue weighted by Gasteiger charge is 2.15. The average molecular weight is 379 g/mol. The third-order valence-corrected chi connectivity index (χ3v) is 4.58. The van der Waals surface area contributed by atoms with Gasteiger partial charge in [0, 0.05) is 23.2 Å². The number of aliphatic hydroxyl groups is 2. The van der Waals surface area contributed by atoms with Crippen molar-refractivity contribution >= 4 is 22.5 Å². The summed E-state index contributed by atoms with van der Waals surface area (Å²) in [6, 6.07) is 14.4. The summed E-state index contributed by atoms with van der Waals surface area (Å²) >= 11 is 0. The number of hydrogen-bond donors (Lipinski definition) is 4. The number of fused-ring (bicyclic) bond motifs is 1. The van der Waals surface area contributed by atoms with Crippen LogP contribution in [0.2, 0.25) is 0 Å². The van der Waals surface area contributed by atoms with Crippen molar-refractivity contribution in [2.45, 2.75) is 25.9 Å². The van der Waals surface area contributed by atoms with Gasteiger partial charge in [-0.25, -0.2) is 4.98 Å². The third kappa shape index (κ3) is 4.65. The summed E-state index contributed by atoms with van der Waals surface area (Å²) in [5.41, 5.74) is 2.44. The summed E-state index contributed by atoms with van der Waals surface area (Å²) in [6.45, 7) is 3.65. The van der Waals surface area contributed by atoms with Crippen LogP contribution >= 0.6 is 0 Å². The van der Waals surface area contributed by atoms with Gasteiger partial charge < -0.3 is 20.8 Å². The van der Waals surface area contributed by atoms with Gasteiger partial charge in [0.15, 0.2) is 0 Å². The zero-order valence-corrected chi connectivity index (χ0v) is 16.0. The fourth-order valence-corrected chi connectivity index (χ4v) is 3.02. The number of benzene rings is 2. The molecule has 0 spiro atoms. The lowest BCUT2D eigenvalue weighted by Gasteiger charge is -2.17. The van der Waals surface area contributed by atoms with Crippen LogP contribution in [0.5, 0.6) is 0 Å². The minimum absolute atomic E-state index is 0.00364. The predicted octanol–water partition coefficient (Wildman–Crippen LogP) is 2.80. The van der Waals surface area contributed by atoms with Crippen molar-refractivity contribution in [1.29, 1.82) is 0 Å². The van der Waals surface area contributed by atoms with E-state index in [9.17, 15) is 15.0 Å². The van der Waals surface area contributed by atoms with Crippen LogP contribution in [-0.2, 0) is 0 Å². The summed E-state index contributed by atoms with van der Waals surface area (Å²) in [7, 11) is 0. The Morgan fingerprint density at radius 1 is 1.07 bits per heavy atom. The standard InChI is InChI=1S/C22H25N3O3/c1-14-4-3-5-16(8-14)20(13-27)25-22(28)17-6-7-18-11-23-21(10-19(18)9-17)24-15(2)12-26/h3-11,15,20,26-27H,12-13H2,1-2H3,(H,23,24)(H,25,28)/t15-,20+/m0/s1. The van der Waals surface area contributed by atoms with Gasteiger partial charge >= 0.3 is 0 Å². The van der Waals surface area contributed by atoms with E-state index in [1.165, 1.54) is 0 Å². The molecule has 1 aromatic heterocycles. The summed E-state index contributed by atoms with van der Waals surface area (Å²) in [4.78, 5) is 17.1. The Morgan fingerprint density at radius 3 is 2.61 bits per heavy atom. The highest BCUT2D eigenvalue weighted by Crippen LogP contribution is 2.20. The van der Waals surface area contributed by atoms with Crippen LogP contribution in [0, 0.1) is 6.92 Å². The van der Waals surface area contributed by atoms with E-state index < -0.39 is 6.04 Å². The molecule has 28 heavy (non-hydrogen) atoms. The zero-order chi connectivity index (χ0) is 20.1. The molecule has 0 radical (unpaired) electrons. The first-order chi connectivity index (χ1) is 13.5. The Morgan fingerprint density at radius 2 is 1.89 bits per heavy atom. The number of carbonyl (C=O) groups excluding carboxylic acids is 1. The fraction of sp³-hybridized carbons (Fsp3) is 0.273. The maximum absolute atomic E-state index is 12.7. The monoisotopic (exact) mass is 379 g/mol. The quantitative estimate of drug-likeness (QED) is 0.506. The lowest BCUT2D eigenvalue weighted by atomic mass is 10.0. The zero-order valence-electron chi connectivity index (χ0n) is 16.0. The molecule has 1 amide bonds. The summed E-state index contributed by atoms with van der Waals surface area (Å²) < 4.78 is 0. The Bertz CT molecular complexity index is 974. The van der Waals surface area contributed by atoms with Crippen LogP contribution < -0.4 is 10.6 Å². The Balaban J connectivity index is 1.82. The van der Waals surface area contributed by atoms with Gasteiger partial charge in [0.05, 0.1) is 19.3 Å². The minimum Gasteiger partial charge on any atom is -0.394 e. The van der Waals surface area contributed by atoms with E-state index in [4.69, 9.17) is 0 Å². The van der Waals surface area contributed by atoms with Gasteiger partial charge in [-0.2, -0.15) is 0 Å². The molecule has 1 heterocycles. The predicted molar refractivity (Wildman–Crippen MR) is 110 cm³/mol. The number of nitrogens with zero attached hydrogens (tertiary/aromatic N) is 1. The van der Waals surface area contributed by atoms with Crippen LogP contribution in [0.15, 0.2) is 54.7 Å². The van der Waals surface area contributed by atoms with E-state index in [-0.39, 0.29) is 25.2 Å². The summed E-state index contributed by atoms with van der Waals surface area (Å²) in [5.74, 6) is 0.386. The molecule has 3 aromatic rings. The number of rotatable bonds is 7. The van der Waals surface area contributed by atoms with Crippen LogP contribution in [0.1, 0.15) is 34.5 Å². The van der Waals surface area contributed by atoms with E-state index in [1.807, 2.05) is 50.2 Å². The van der Waals surface area contributed by atoms with Crippen LogP contribution in [-0.4, -0.2) is 40.4 Å². The van der Waals surface area contributed by atoms with Crippen LogP contribution in [0.3, 0.4) is 0 Å². The molecule has 3 rings (SSSR count).